The highest BCUT2D eigenvalue weighted by molar-refractivity contribution is 6.00. The lowest BCUT2D eigenvalue weighted by Crippen LogP contribution is -2.46. The van der Waals surface area contributed by atoms with Crippen LogP contribution in [0.4, 0.5) is 5.69 Å². The van der Waals surface area contributed by atoms with Gasteiger partial charge in [0.2, 0.25) is 5.91 Å². The number of carbonyl (C=O) groups excluding carboxylic acids is 2. The summed E-state index contributed by atoms with van der Waals surface area (Å²) in [6, 6.07) is 3.47. The number of nitrogens with zero attached hydrogens (tertiary/aromatic N) is 5. The smallest absolute Gasteiger partial charge is 0.253 e. The lowest BCUT2D eigenvalue weighted by atomic mass is 9.77. The van der Waals surface area contributed by atoms with Crippen LogP contribution in [0.2, 0.25) is 0 Å². The van der Waals surface area contributed by atoms with Gasteiger partial charge in [-0.15, -0.1) is 0 Å². The fourth-order valence-corrected chi connectivity index (χ4v) is 3.89. The van der Waals surface area contributed by atoms with Gasteiger partial charge in [-0.3, -0.25) is 19.3 Å². The zero-order valence-electron chi connectivity index (χ0n) is 14.3. The summed E-state index contributed by atoms with van der Waals surface area (Å²) in [7, 11) is 1.85. The van der Waals surface area contributed by atoms with Crippen LogP contribution in [-0.4, -0.2) is 51.1 Å². The van der Waals surface area contributed by atoms with Crippen LogP contribution in [0.3, 0.4) is 0 Å². The number of hydrogen-bond donors (Lipinski definition) is 0. The van der Waals surface area contributed by atoms with Gasteiger partial charge < -0.3 is 9.80 Å². The standard InChI is InChI=1S/C18H21N5O2/c1-21-13-15(12-20-21)23-11-6-18(17(23)25)4-9-22(10-5-18)16(24)14-2-7-19-8-3-14/h2-3,7-8,12-13H,4-6,9-11H2,1H3. The molecule has 2 fully saturated rings. The first-order chi connectivity index (χ1) is 12.1. The van der Waals surface area contributed by atoms with Gasteiger partial charge in [-0.2, -0.15) is 5.10 Å². The van der Waals surface area contributed by atoms with Crippen molar-refractivity contribution in [3.05, 3.63) is 42.5 Å². The summed E-state index contributed by atoms with van der Waals surface area (Å²) in [5.41, 5.74) is 1.19. The summed E-state index contributed by atoms with van der Waals surface area (Å²) < 4.78 is 1.71. The molecule has 0 aromatic carbocycles. The number of piperidine rings is 1. The number of carbonyl (C=O) groups is 2. The third-order valence-electron chi connectivity index (χ3n) is 5.45. The fourth-order valence-electron chi connectivity index (χ4n) is 3.89. The summed E-state index contributed by atoms with van der Waals surface area (Å²) in [6.45, 7) is 1.96. The zero-order chi connectivity index (χ0) is 17.4. The molecule has 7 heteroatoms. The zero-order valence-corrected chi connectivity index (χ0v) is 14.3. The van der Waals surface area contributed by atoms with Crippen molar-refractivity contribution >= 4 is 17.5 Å². The quantitative estimate of drug-likeness (QED) is 0.831. The Kier molecular flexibility index (Phi) is 3.78. The third kappa shape index (κ3) is 2.69. The van der Waals surface area contributed by atoms with Crippen LogP contribution in [0.1, 0.15) is 29.6 Å². The monoisotopic (exact) mass is 339 g/mol. The number of amides is 2. The Balaban J connectivity index is 1.45. The van der Waals surface area contributed by atoms with Gasteiger partial charge in [-0.1, -0.05) is 0 Å². The first kappa shape index (κ1) is 15.8. The van der Waals surface area contributed by atoms with E-state index in [4.69, 9.17) is 0 Å². The molecule has 0 bridgehead atoms. The molecule has 0 radical (unpaired) electrons. The Morgan fingerprint density at radius 3 is 2.44 bits per heavy atom. The molecule has 1 spiro atoms. The maximum Gasteiger partial charge on any atom is 0.253 e. The Morgan fingerprint density at radius 2 is 1.80 bits per heavy atom. The lowest BCUT2D eigenvalue weighted by Gasteiger charge is -2.37. The number of aromatic nitrogens is 3. The molecule has 25 heavy (non-hydrogen) atoms. The number of hydrogen-bond acceptors (Lipinski definition) is 4. The van der Waals surface area contributed by atoms with Crippen molar-refractivity contribution in [1.29, 1.82) is 0 Å². The van der Waals surface area contributed by atoms with Gasteiger partial charge in [0.05, 0.1) is 17.3 Å². The summed E-state index contributed by atoms with van der Waals surface area (Å²) in [5, 5.41) is 4.16. The SMILES string of the molecule is Cn1cc(N2CCC3(CCN(C(=O)c4ccncc4)CC3)C2=O)cn1. The van der Waals surface area contributed by atoms with Gasteiger partial charge >= 0.3 is 0 Å². The molecule has 4 heterocycles. The third-order valence-corrected chi connectivity index (χ3v) is 5.45. The summed E-state index contributed by atoms with van der Waals surface area (Å²) in [6.07, 6.45) is 9.16. The van der Waals surface area contributed by atoms with E-state index in [-0.39, 0.29) is 17.2 Å². The molecule has 0 aliphatic carbocycles. The second-order valence-electron chi connectivity index (χ2n) is 6.89. The highest BCUT2D eigenvalue weighted by Crippen LogP contribution is 2.43. The minimum Gasteiger partial charge on any atom is -0.339 e. The summed E-state index contributed by atoms with van der Waals surface area (Å²) in [5.74, 6) is 0.198. The minimum atomic E-state index is -0.329. The molecule has 2 aliphatic rings. The van der Waals surface area contributed by atoms with E-state index in [1.54, 1.807) is 35.4 Å². The molecule has 2 amide bonds. The second-order valence-corrected chi connectivity index (χ2v) is 6.89. The van der Waals surface area contributed by atoms with Crippen molar-refractivity contribution in [1.82, 2.24) is 19.7 Å². The van der Waals surface area contributed by atoms with Crippen molar-refractivity contribution in [3.63, 3.8) is 0 Å². The van der Waals surface area contributed by atoms with Gasteiger partial charge in [0.1, 0.15) is 0 Å². The minimum absolute atomic E-state index is 0.0202. The van der Waals surface area contributed by atoms with Gasteiger partial charge in [0.15, 0.2) is 0 Å². The van der Waals surface area contributed by atoms with Crippen LogP contribution in [0.5, 0.6) is 0 Å². The Morgan fingerprint density at radius 1 is 1.12 bits per heavy atom. The van der Waals surface area contributed by atoms with Crippen LogP contribution >= 0.6 is 0 Å². The number of anilines is 1. The van der Waals surface area contributed by atoms with Gasteiger partial charge in [0, 0.05) is 50.8 Å². The summed E-state index contributed by atoms with van der Waals surface area (Å²) in [4.78, 5) is 33.2. The van der Waals surface area contributed by atoms with Crippen molar-refractivity contribution in [2.45, 2.75) is 19.3 Å². The topological polar surface area (TPSA) is 71.3 Å². The largest absolute Gasteiger partial charge is 0.339 e. The Hall–Kier alpha value is -2.70. The first-order valence-electron chi connectivity index (χ1n) is 8.59. The highest BCUT2D eigenvalue weighted by atomic mass is 16.2. The van der Waals surface area contributed by atoms with Crippen LogP contribution in [0.15, 0.2) is 36.9 Å². The van der Waals surface area contributed by atoms with E-state index in [0.717, 1.165) is 31.5 Å². The molecule has 0 saturated carbocycles. The first-order valence-corrected chi connectivity index (χ1v) is 8.59. The van der Waals surface area contributed by atoms with Crippen LogP contribution in [0.25, 0.3) is 0 Å². The molecule has 130 valence electrons. The fraction of sp³-hybridized carbons (Fsp3) is 0.444. The molecule has 0 unspecified atom stereocenters. The molecule has 4 rings (SSSR count). The van der Waals surface area contributed by atoms with Crippen LogP contribution < -0.4 is 4.90 Å². The summed E-state index contributed by atoms with van der Waals surface area (Å²) >= 11 is 0. The predicted octanol–water partition coefficient (Wildman–Crippen LogP) is 1.47. The number of likely N-dealkylation sites (tertiary alicyclic amines) is 1. The molecule has 2 aliphatic heterocycles. The van der Waals surface area contributed by atoms with Crippen LogP contribution in [0, 0.1) is 5.41 Å². The molecule has 2 aromatic heterocycles. The number of aryl methyl sites for hydroxylation is 1. The van der Waals surface area contributed by atoms with E-state index in [1.165, 1.54) is 0 Å². The molecule has 0 atom stereocenters. The van der Waals surface area contributed by atoms with E-state index >= 15 is 0 Å². The van der Waals surface area contributed by atoms with Gasteiger partial charge in [-0.25, -0.2) is 0 Å². The Labute approximate surface area is 146 Å². The Bertz CT molecular complexity index is 793. The average Bonchev–Trinajstić information content (AvgIpc) is 3.20. The van der Waals surface area contributed by atoms with Crippen LogP contribution in [-0.2, 0) is 11.8 Å². The van der Waals surface area contributed by atoms with E-state index < -0.39 is 0 Å². The second kappa shape index (κ2) is 5.98. The van der Waals surface area contributed by atoms with Crippen molar-refractivity contribution < 1.29 is 9.59 Å². The maximum absolute atomic E-state index is 13.0. The predicted molar refractivity (Wildman–Crippen MR) is 92.0 cm³/mol. The van der Waals surface area contributed by atoms with Gasteiger partial charge in [0.25, 0.3) is 5.91 Å². The molecule has 7 nitrogen and oxygen atoms in total. The molecule has 2 aromatic rings. The van der Waals surface area contributed by atoms with Crippen molar-refractivity contribution in [3.8, 4) is 0 Å². The molecular formula is C18H21N5O2. The highest BCUT2D eigenvalue weighted by Gasteiger charge is 2.49. The molecule has 0 N–H and O–H groups in total. The average molecular weight is 339 g/mol. The number of rotatable bonds is 2. The van der Waals surface area contributed by atoms with E-state index in [9.17, 15) is 9.59 Å². The normalized spacial score (nSPS) is 19.6. The number of pyridine rings is 1. The van der Waals surface area contributed by atoms with E-state index in [0.29, 0.717) is 18.7 Å². The van der Waals surface area contributed by atoms with Gasteiger partial charge in [-0.05, 0) is 31.4 Å². The van der Waals surface area contributed by atoms with Crippen molar-refractivity contribution in [2.75, 3.05) is 24.5 Å². The molecule has 2 saturated heterocycles. The maximum atomic E-state index is 13.0. The van der Waals surface area contributed by atoms with E-state index in [2.05, 4.69) is 10.1 Å². The van der Waals surface area contributed by atoms with E-state index in [1.807, 2.05) is 23.0 Å². The molecular weight excluding hydrogens is 318 g/mol. The lowest BCUT2D eigenvalue weighted by molar-refractivity contribution is -0.127. The van der Waals surface area contributed by atoms with Crippen molar-refractivity contribution in [2.24, 2.45) is 12.5 Å².